The van der Waals surface area contributed by atoms with Gasteiger partial charge in [-0.25, -0.2) is 0 Å². The van der Waals surface area contributed by atoms with Gasteiger partial charge in [0.2, 0.25) is 0 Å². The minimum Gasteiger partial charge on any atom is -0.381 e. The molecular formula is C12H21N3O. The van der Waals surface area contributed by atoms with Crippen LogP contribution in [0, 0.1) is 5.92 Å². The molecule has 1 aliphatic heterocycles. The van der Waals surface area contributed by atoms with Gasteiger partial charge in [-0.3, -0.25) is 4.68 Å². The first kappa shape index (κ1) is 11.5. The topological polar surface area (TPSA) is 39.1 Å². The van der Waals surface area contributed by atoms with Gasteiger partial charge >= 0.3 is 0 Å². The summed E-state index contributed by atoms with van der Waals surface area (Å²) in [6.07, 6.45) is 6.27. The summed E-state index contributed by atoms with van der Waals surface area (Å²) in [7, 11) is 0. The molecule has 4 nitrogen and oxygen atoms in total. The first-order valence-electron chi connectivity index (χ1n) is 6.16. The van der Waals surface area contributed by atoms with Crippen molar-refractivity contribution in [1.29, 1.82) is 0 Å². The fourth-order valence-corrected chi connectivity index (χ4v) is 2.12. The van der Waals surface area contributed by atoms with E-state index in [9.17, 15) is 0 Å². The van der Waals surface area contributed by atoms with Gasteiger partial charge in [-0.1, -0.05) is 6.92 Å². The Kier molecular flexibility index (Phi) is 3.83. The summed E-state index contributed by atoms with van der Waals surface area (Å²) in [5.74, 6) is 0.634. The molecule has 1 saturated heterocycles. The highest BCUT2D eigenvalue weighted by molar-refractivity contribution is 5.39. The largest absolute Gasteiger partial charge is 0.381 e. The number of rotatable bonds is 5. The Hall–Kier alpha value is -1.03. The molecule has 1 aliphatic rings. The van der Waals surface area contributed by atoms with E-state index in [2.05, 4.69) is 30.5 Å². The highest BCUT2D eigenvalue weighted by Gasteiger charge is 2.22. The summed E-state index contributed by atoms with van der Waals surface area (Å²) in [4.78, 5) is 0. The second-order valence-corrected chi connectivity index (χ2v) is 4.55. The Balaban J connectivity index is 1.87. The lowest BCUT2D eigenvalue weighted by atomic mass is 10.0. The molecule has 1 fully saturated rings. The zero-order valence-electron chi connectivity index (χ0n) is 10.1. The molecule has 0 radical (unpaired) electrons. The van der Waals surface area contributed by atoms with E-state index >= 15 is 0 Å². The first-order valence-corrected chi connectivity index (χ1v) is 6.16. The van der Waals surface area contributed by atoms with Crippen LogP contribution in [0.3, 0.4) is 0 Å². The van der Waals surface area contributed by atoms with E-state index in [4.69, 9.17) is 4.74 Å². The van der Waals surface area contributed by atoms with E-state index in [1.807, 2.05) is 10.9 Å². The molecule has 1 N–H and O–H groups in total. The van der Waals surface area contributed by atoms with E-state index in [-0.39, 0.29) is 0 Å². The SMILES string of the molecule is CCCn1cc(NC(C)C2CCOC2)cn1. The Bertz CT molecular complexity index is 318. The maximum absolute atomic E-state index is 5.40. The van der Waals surface area contributed by atoms with Crippen LogP contribution in [0.2, 0.25) is 0 Å². The summed E-state index contributed by atoms with van der Waals surface area (Å²) >= 11 is 0. The van der Waals surface area contributed by atoms with Crippen molar-refractivity contribution in [2.24, 2.45) is 5.92 Å². The van der Waals surface area contributed by atoms with Gasteiger partial charge in [0.1, 0.15) is 0 Å². The van der Waals surface area contributed by atoms with Gasteiger partial charge in [0.25, 0.3) is 0 Å². The van der Waals surface area contributed by atoms with Crippen LogP contribution in [0.1, 0.15) is 26.7 Å². The zero-order valence-corrected chi connectivity index (χ0v) is 10.1. The third-order valence-electron chi connectivity index (χ3n) is 3.15. The van der Waals surface area contributed by atoms with E-state index in [1.165, 1.54) is 0 Å². The Morgan fingerprint density at radius 3 is 3.25 bits per heavy atom. The molecule has 16 heavy (non-hydrogen) atoms. The van der Waals surface area contributed by atoms with Gasteiger partial charge in [0.05, 0.1) is 18.5 Å². The van der Waals surface area contributed by atoms with Crippen LogP contribution < -0.4 is 5.32 Å². The minimum absolute atomic E-state index is 0.460. The number of aryl methyl sites for hydroxylation is 1. The molecule has 90 valence electrons. The summed E-state index contributed by atoms with van der Waals surface area (Å²) < 4.78 is 7.39. The van der Waals surface area contributed by atoms with E-state index in [1.54, 1.807) is 0 Å². The molecule has 1 aromatic heterocycles. The van der Waals surface area contributed by atoms with Crippen LogP contribution in [0.5, 0.6) is 0 Å². The number of nitrogens with one attached hydrogen (secondary N) is 1. The lowest BCUT2D eigenvalue weighted by Gasteiger charge is -2.19. The summed E-state index contributed by atoms with van der Waals surface area (Å²) in [6, 6.07) is 0.460. The number of nitrogens with zero attached hydrogens (tertiary/aromatic N) is 2. The predicted octanol–water partition coefficient (Wildman–Crippen LogP) is 2.13. The monoisotopic (exact) mass is 223 g/mol. The third kappa shape index (κ3) is 2.76. The van der Waals surface area contributed by atoms with Crippen molar-refractivity contribution in [1.82, 2.24) is 9.78 Å². The molecular weight excluding hydrogens is 202 g/mol. The van der Waals surface area contributed by atoms with E-state index in [0.717, 1.165) is 38.3 Å². The standard InChI is InChI=1S/C12H21N3O/c1-3-5-15-8-12(7-13-15)14-10(2)11-4-6-16-9-11/h7-8,10-11,14H,3-6,9H2,1-2H3. The van der Waals surface area contributed by atoms with Crippen LogP contribution in [0.15, 0.2) is 12.4 Å². The molecule has 2 unspecified atom stereocenters. The molecule has 2 heterocycles. The van der Waals surface area contributed by atoms with Crippen molar-refractivity contribution in [2.75, 3.05) is 18.5 Å². The van der Waals surface area contributed by atoms with E-state index < -0.39 is 0 Å². The van der Waals surface area contributed by atoms with Crippen molar-refractivity contribution in [2.45, 2.75) is 39.3 Å². The fourth-order valence-electron chi connectivity index (χ4n) is 2.12. The maximum atomic E-state index is 5.40. The van der Waals surface area contributed by atoms with Crippen molar-refractivity contribution < 1.29 is 4.74 Å². The van der Waals surface area contributed by atoms with Gasteiger partial charge in [0.15, 0.2) is 0 Å². The first-order chi connectivity index (χ1) is 7.79. The summed E-state index contributed by atoms with van der Waals surface area (Å²) in [5.41, 5.74) is 1.12. The van der Waals surface area contributed by atoms with E-state index in [0.29, 0.717) is 12.0 Å². The van der Waals surface area contributed by atoms with Gasteiger partial charge in [-0.15, -0.1) is 0 Å². The Morgan fingerprint density at radius 2 is 2.56 bits per heavy atom. The molecule has 1 aromatic rings. The summed E-state index contributed by atoms with van der Waals surface area (Å²) in [6.45, 7) is 7.16. The van der Waals surface area contributed by atoms with Crippen molar-refractivity contribution >= 4 is 5.69 Å². The highest BCUT2D eigenvalue weighted by Crippen LogP contribution is 2.19. The lowest BCUT2D eigenvalue weighted by Crippen LogP contribution is -2.25. The number of anilines is 1. The second-order valence-electron chi connectivity index (χ2n) is 4.55. The van der Waals surface area contributed by atoms with Crippen molar-refractivity contribution in [3.8, 4) is 0 Å². The molecule has 0 bridgehead atoms. The quantitative estimate of drug-likeness (QED) is 0.831. The molecule has 2 atom stereocenters. The van der Waals surface area contributed by atoms with Gasteiger partial charge in [0, 0.05) is 31.3 Å². The molecule has 0 amide bonds. The van der Waals surface area contributed by atoms with Crippen LogP contribution in [0.4, 0.5) is 5.69 Å². The molecule has 2 rings (SSSR count). The lowest BCUT2D eigenvalue weighted by molar-refractivity contribution is 0.183. The second kappa shape index (κ2) is 5.34. The normalized spacial score (nSPS) is 22.2. The average Bonchev–Trinajstić information content (AvgIpc) is 2.89. The molecule has 0 saturated carbocycles. The molecule has 4 heteroatoms. The Labute approximate surface area is 97.0 Å². The number of hydrogen-bond acceptors (Lipinski definition) is 3. The highest BCUT2D eigenvalue weighted by atomic mass is 16.5. The summed E-state index contributed by atoms with van der Waals surface area (Å²) in [5, 5.41) is 7.81. The molecule has 0 spiro atoms. The van der Waals surface area contributed by atoms with Gasteiger partial charge in [-0.05, 0) is 19.8 Å². The van der Waals surface area contributed by atoms with Crippen LogP contribution in [-0.4, -0.2) is 29.0 Å². The molecule has 0 aliphatic carbocycles. The maximum Gasteiger partial charge on any atom is 0.0728 e. The minimum atomic E-state index is 0.460. The molecule has 0 aromatic carbocycles. The van der Waals surface area contributed by atoms with Crippen LogP contribution in [-0.2, 0) is 11.3 Å². The van der Waals surface area contributed by atoms with Crippen LogP contribution >= 0.6 is 0 Å². The number of ether oxygens (including phenoxy) is 1. The van der Waals surface area contributed by atoms with Crippen molar-refractivity contribution in [3.63, 3.8) is 0 Å². The number of hydrogen-bond donors (Lipinski definition) is 1. The zero-order chi connectivity index (χ0) is 11.4. The smallest absolute Gasteiger partial charge is 0.0728 e. The van der Waals surface area contributed by atoms with Crippen molar-refractivity contribution in [3.05, 3.63) is 12.4 Å². The fraction of sp³-hybridized carbons (Fsp3) is 0.750. The number of aromatic nitrogens is 2. The average molecular weight is 223 g/mol. The van der Waals surface area contributed by atoms with Gasteiger partial charge in [-0.2, -0.15) is 5.10 Å². The Morgan fingerprint density at radius 1 is 1.69 bits per heavy atom. The predicted molar refractivity (Wildman–Crippen MR) is 64.5 cm³/mol. The third-order valence-corrected chi connectivity index (χ3v) is 3.15. The van der Waals surface area contributed by atoms with Gasteiger partial charge < -0.3 is 10.1 Å². The van der Waals surface area contributed by atoms with Crippen LogP contribution in [0.25, 0.3) is 0 Å².